The summed E-state index contributed by atoms with van der Waals surface area (Å²) in [4.78, 5) is 8.22. The van der Waals surface area contributed by atoms with Crippen LogP contribution in [0.4, 0.5) is 24.8 Å². The number of hydrogen-bond acceptors (Lipinski definition) is 8. The number of alkyl halides is 3. The SMILES string of the molecule is N[C@H]1C[C@H](Nc2cc(-c3ccc(S(=O)(=O)N4CC[C@@H](Nc5ccc(C(F)(F)F)cn5)[C@@H](O)C4)cc3)ccn2)C1. The summed E-state index contributed by atoms with van der Waals surface area (Å²) in [5, 5.41) is 16.9. The molecule has 0 amide bonds. The van der Waals surface area contributed by atoms with Crippen molar-refractivity contribution in [1.29, 1.82) is 0 Å². The lowest BCUT2D eigenvalue weighted by Gasteiger charge is -2.35. The number of nitrogens with zero attached hydrogens (tertiary/aromatic N) is 3. The van der Waals surface area contributed by atoms with E-state index in [-0.39, 0.29) is 36.3 Å². The number of aromatic nitrogens is 2. The van der Waals surface area contributed by atoms with Crippen LogP contribution in [0.1, 0.15) is 24.8 Å². The van der Waals surface area contributed by atoms with Gasteiger partial charge in [-0.2, -0.15) is 17.5 Å². The summed E-state index contributed by atoms with van der Waals surface area (Å²) in [7, 11) is -3.87. The van der Waals surface area contributed by atoms with Crippen LogP contribution in [-0.2, 0) is 16.2 Å². The van der Waals surface area contributed by atoms with Gasteiger partial charge in [-0.3, -0.25) is 0 Å². The predicted molar refractivity (Wildman–Crippen MR) is 140 cm³/mol. The van der Waals surface area contributed by atoms with E-state index in [0.717, 1.165) is 35.9 Å². The van der Waals surface area contributed by atoms with Crippen molar-refractivity contribution in [2.45, 2.75) is 54.6 Å². The van der Waals surface area contributed by atoms with Gasteiger partial charge < -0.3 is 21.5 Å². The minimum Gasteiger partial charge on any atom is -0.390 e. The summed E-state index contributed by atoms with van der Waals surface area (Å²) in [5.41, 5.74) is 6.69. The number of β-amino-alcohol motifs (C(OH)–C–C–N with tert-alkyl or cyclic N) is 1. The molecule has 1 aliphatic heterocycles. The van der Waals surface area contributed by atoms with E-state index in [1.54, 1.807) is 18.3 Å². The van der Waals surface area contributed by atoms with Crippen molar-refractivity contribution in [1.82, 2.24) is 14.3 Å². The largest absolute Gasteiger partial charge is 0.417 e. The fraction of sp³-hybridized carbons (Fsp3) is 0.385. The molecule has 5 N–H and O–H groups in total. The van der Waals surface area contributed by atoms with Gasteiger partial charge in [-0.25, -0.2) is 18.4 Å². The summed E-state index contributed by atoms with van der Waals surface area (Å²) < 4.78 is 66.0. The summed E-state index contributed by atoms with van der Waals surface area (Å²) in [6.45, 7) is -0.0315. The van der Waals surface area contributed by atoms with E-state index in [0.29, 0.717) is 12.2 Å². The minimum absolute atomic E-state index is 0.102. The van der Waals surface area contributed by atoms with E-state index in [4.69, 9.17) is 5.73 Å². The molecule has 0 bridgehead atoms. The number of anilines is 2. The third-order valence-corrected chi connectivity index (χ3v) is 8.96. The van der Waals surface area contributed by atoms with Crippen LogP contribution >= 0.6 is 0 Å². The first-order chi connectivity index (χ1) is 18.5. The highest BCUT2D eigenvalue weighted by Crippen LogP contribution is 2.30. The van der Waals surface area contributed by atoms with Gasteiger partial charge in [0.2, 0.25) is 10.0 Å². The van der Waals surface area contributed by atoms with Crippen LogP contribution in [0.2, 0.25) is 0 Å². The Morgan fingerprint density at radius 3 is 2.33 bits per heavy atom. The molecule has 0 spiro atoms. The topological polar surface area (TPSA) is 133 Å². The van der Waals surface area contributed by atoms with E-state index in [1.165, 1.54) is 22.5 Å². The lowest BCUT2D eigenvalue weighted by molar-refractivity contribution is -0.137. The maximum Gasteiger partial charge on any atom is 0.417 e. The van der Waals surface area contributed by atoms with Crippen molar-refractivity contribution in [3.63, 3.8) is 0 Å². The summed E-state index contributed by atoms with van der Waals surface area (Å²) >= 11 is 0. The van der Waals surface area contributed by atoms with Crippen LogP contribution in [0.3, 0.4) is 0 Å². The number of sulfonamides is 1. The highest BCUT2D eigenvalue weighted by atomic mass is 32.2. The van der Waals surface area contributed by atoms with Crippen LogP contribution in [0.25, 0.3) is 11.1 Å². The van der Waals surface area contributed by atoms with Crippen molar-refractivity contribution in [3.8, 4) is 11.1 Å². The van der Waals surface area contributed by atoms with E-state index < -0.39 is 33.9 Å². The third-order valence-electron chi connectivity index (χ3n) is 7.08. The standard InChI is InChI=1S/C26H29F3N6O3S/c27-26(28,29)18-3-6-24(32-14-18)34-22-8-10-35(15-23(22)36)39(37,38)21-4-1-16(2-5-21)17-7-9-31-25(11-17)33-20-12-19(30)13-20/h1-7,9,11,14,19-20,22-23,36H,8,10,12-13,15,30H2,(H,31,33)(H,32,34)/t19-,20-,22-,23+/m1/s1. The second kappa shape index (κ2) is 10.7. The van der Waals surface area contributed by atoms with Crippen molar-refractivity contribution in [3.05, 3.63) is 66.5 Å². The second-order valence-corrected chi connectivity index (χ2v) is 11.9. The van der Waals surface area contributed by atoms with E-state index in [9.17, 15) is 26.7 Å². The van der Waals surface area contributed by atoms with Crippen molar-refractivity contribution < 1.29 is 26.7 Å². The molecule has 13 heteroatoms. The fourth-order valence-corrected chi connectivity index (χ4v) is 6.25. The average molecular weight is 563 g/mol. The van der Waals surface area contributed by atoms with Gasteiger partial charge in [-0.15, -0.1) is 0 Å². The predicted octanol–water partition coefficient (Wildman–Crippen LogP) is 3.30. The van der Waals surface area contributed by atoms with Crippen molar-refractivity contribution in [2.24, 2.45) is 5.73 Å². The van der Waals surface area contributed by atoms with Gasteiger partial charge >= 0.3 is 6.18 Å². The maximum absolute atomic E-state index is 13.3. The van der Waals surface area contributed by atoms with Gasteiger partial charge in [-0.05, 0) is 66.8 Å². The Kier molecular flexibility index (Phi) is 7.51. The molecule has 3 aromatic rings. The Morgan fingerprint density at radius 1 is 0.974 bits per heavy atom. The van der Waals surface area contributed by atoms with Gasteiger partial charge in [0.05, 0.1) is 22.6 Å². The Labute approximate surface area is 224 Å². The Bertz CT molecular complexity index is 1400. The first-order valence-corrected chi connectivity index (χ1v) is 14.0. The molecule has 5 rings (SSSR count). The molecule has 1 aromatic carbocycles. The monoisotopic (exact) mass is 562 g/mol. The highest BCUT2D eigenvalue weighted by molar-refractivity contribution is 7.89. The smallest absolute Gasteiger partial charge is 0.390 e. The number of hydrogen-bond donors (Lipinski definition) is 4. The fourth-order valence-electron chi connectivity index (χ4n) is 4.77. The number of piperidine rings is 1. The zero-order valence-corrected chi connectivity index (χ0v) is 21.7. The van der Waals surface area contributed by atoms with E-state index in [2.05, 4.69) is 20.6 Å². The summed E-state index contributed by atoms with van der Waals surface area (Å²) in [6, 6.07) is 12.3. The summed E-state index contributed by atoms with van der Waals surface area (Å²) in [5.74, 6) is 0.905. The number of nitrogens with two attached hydrogens (primary N) is 1. The van der Waals surface area contributed by atoms with Gasteiger partial charge in [0.1, 0.15) is 11.6 Å². The van der Waals surface area contributed by atoms with Crippen molar-refractivity contribution in [2.75, 3.05) is 23.7 Å². The number of nitrogens with one attached hydrogen (secondary N) is 2. The van der Waals surface area contributed by atoms with Crippen LogP contribution in [0.5, 0.6) is 0 Å². The molecule has 0 radical (unpaired) electrons. The normalized spacial score (nSPS) is 24.1. The van der Waals surface area contributed by atoms with E-state index in [1.807, 2.05) is 12.1 Å². The molecule has 1 aliphatic carbocycles. The van der Waals surface area contributed by atoms with Crippen LogP contribution in [-0.4, -0.2) is 65.1 Å². The third kappa shape index (κ3) is 6.16. The maximum atomic E-state index is 13.3. The summed E-state index contributed by atoms with van der Waals surface area (Å²) in [6.07, 6.45) is -1.12. The molecule has 9 nitrogen and oxygen atoms in total. The molecule has 1 saturated carbocycles. The molecule has 39 heavy (non-hydrogen) atoms. The second-order valence-electron chi connectivity index (χ2n) is 9.93. The lowest BCUT2D eigenvalue weighted by atomic mass is 9.87. The minimum atomic E-state index is -4.49. The van der Waals surface area contributed by atoms with Crippen LogP contribution < -0.4 is 16.4 Å². The molecule has 208 valence electrons. The molecule has 2 fully saturated rings. The Balaban J connectivity index is 1.21. The zero-order chi connectivity index (χ0) is 27.8. The molecule has 2 atom stereocenters. The number of aliphatic hydroxyl groups is 1. The molecular formula is C26H29F3N6O3S. The molecule has 2 aromatic heterocycles. The number of benzene rings is 1. The number of halogens is 3. The molecule has 0 unspecified atom stereocenters. The number of aliphatic hydroxyl groups excluding tert-OH is 1. The Hall–Kier alpha value is -3.26. The van der Waals surface area contributed by atoms with Gasteiger partial charge in [0, 0.05) is 37.6 Å². The zero-order valence-electron chi connectivity index (χ0n) is 20.8. The van der Waals surface area contributed by atoms with Gasteiger partial charge in [-0.1, -0.05) is 12.1 Å². The number of rotatable bonds is 7. The average Bonchev–Trinajstić information content (AvgIpc) is 2.89. The quantitative estimate of drug-likeness (QED) is 0.345. The van der Waals surface area contributed by atoms with Crippen LogP contribution in [0.15, 0.2) is 65.8 Å². The molecule has 3 heterocycles. The number of pyridine rings is 2. The molecular weight excluding hydrogens is 533 g/mol. The lowest BCUT2D eigenvalue weighted by Crippen LogP contribution is -2.51. The molecule has 2 aliphatic rings. The van der Waals surface area contributed by atoms with Gasteiger partial charge in [0.15, 0.2) is 0 Å². The Morgan fingerprint density at radius 2 is 1.72 bits per heavy atom. The van der Waals surface area contributed by atoms with E-state index >= 15 is 0 Å². The first kappa shape index (κ1) is 27.3. The highest BCUT2D eigenvalue weighted by Gasteiger charge is 2.35. The van der Waals surface area contributed by atoms with Gasteiger partial charge in [0.25, 0.3) is 0 Å². The van der Waals surface area contributed by atoms with Crippen molar-refractivity contribution >= 4 is 21.7 Å². The van der Waals surface area contributed by atoms with Crippen LogP contribution in [0, 0.1) is 0 Å². The molecule has 1 saturated heterocycles. The first-order valence-electron chi connectivity index (χ1n) is 12.6.